The van der Waals surface area contributed by atoms with Gasteiger partial charge in [-0.1, -0.05) is 12.1 Å². The highest BCUT2D eigenvalue weighted by Crippen LogP contribution is 2.37. The highest BCUT2D eigenvalue weighted by Gasteiger charge is 2.27. The van der Waals surface area contributed by atoms with Crippen molar-refractivity contribution in [1.82, 2.24) is 9.97 Å². The van der Waals surface area contributed by atoms with Crippen LogP contribution in [0.1, 0.15) is 35.7 Å². The third-order valence-corrected chi connectivity index (χ3v) is 5.36. The Balaban J connectivity index is 1.62. The molecule has 1 N–H and O–H groups in total. The lowest BCUT2D eigenvalue weighted by Crippen LogP contribution is -2.15. The lowest BCUT2D eigenvalue weighted by molar-refractivity contribution is 0.133. The predicted octanol–water partition coefficient (Wildman–Crippen LogP) is 2.18. The SMILES string of the molecule is O=S(=O)(Nc1cnc(C2CC2)nc1)c1cccc2c1COC2. The van der Waals surface area contributed by atoms with Crippen molar-refractivity contribution in [3.63, 3.8) is 0 Å². The second-order valence-corrected chi connectivity index (χ2v) is 7.25. The summed E-state index contributed by atoms with van der Waals surface area (Å²) in [6.45, 7) is 0.779. The van der Waals surface area contributed by atoms with Gasteiger partial charge in [-0.25, -0.2) is 18.4 Å². The van der Waals surface area contributed by atoms with Crippen LogP contribution in [0.15, 0.2) is 35.5 Å². The molecule has 1 aliphatic carbocycles. The lowest BCUT2D eigenvalue weighted by Gasteiger charge is -2.10. The summed E-state index contributed by atoms with van der Waals surface area (Å²) in [6.07, 6.45) is 5.28. The number of ether oxygens (including phenoxy) is 1. The standard InChI is InChI=1S/C15H15N3O3S/c19-22(20,14-3-1-2-11-8-21-9-13(11)14)18-12-6-16-15(17-7-12)10-4-5-10/h1-3,6-7,10,18H,4-5,8-9H2. The Kier molecular flexibility index (Phi) is 3.12. The fourth-order valence-electron chi connectivity index (χ4n) is 2.58. The molecule has 114 valence electrons. The van der Waals surface area contributed by atoms with E-state index in [1.165, 1.54) is 12.4 Å². The number of nitrogens with one attached hydrogen (secondary N) is 1. The summed E-state index contributed by atoms with van der Waals surface area (Å²) in [4.78, 5) is 8.71. The quantitative estimate of drug-likeness (QED) is 0.935. The molecule has 0 saturated heterocycles. The van der Waals surface area contributed by atoms with Crippen molar-refractivity contribution in [2.45, 2.75) is 36.9 Å². The van der Waals surface area contributed by atoms with Crippen molar-refractivity contribution in [2.24, 2.45) is 0 Å². The minimum Gasteiger partial charge on any atom is -0.372 e. The van der Waals surface area contributed by atoms with Gasteiger partial charge in [-0.3, -0.25) is 4.72 Å². The lowest BCUT2D eigenvalue weighted by atomic mass is 10.1. The molecule has 0 unspecified atom stereocenters. The molecule has 7 heteroatoms. The van der Waals surface area contributed by atoms with Crippen LogP contribution in [-0.4, -0.2) is 18.4 Å². The Labute approximate surface area is 128 Å². The zero-order valence-corrected chi connectivity index (χ0v) is 12.6. The number of nitrogens with zero attached hydrogens (tertiary/aromatic N) is 2. The molecular formula is C15H15N3O3S. The number of sulfonamides is 1. The fourth-order valence-corrected chi connectivity index (χ4v) is 3.88. The van der Waals surface area contributed by atoms with Gasteiger partial charge in [0.05, 0.1) is 36.2 Å². The number of hydrogen-bond acceptors (Lipinski definition) is 5. The van der Waals surface area contributed by atoms with Gasteiger partial charge in [-0.2, -0.15) is 0 Å². The molecule has 0 amide bonds. The first-order valence-electron chi connectivity index (χ1n) is 7.17. The average Bonchev–Trinajstić information content (AvgIpc) is 3.24. The molecule has 0 atom stereocenters. The van der Waals surface area contributed by atoms with Crippen LogP contribution in [0.25, 0.3) is 0 Å². The van der Waals surface area contributed by atoms with Crippen LogP contribution < -0.4 is 4.72 Å². The molecule has 1 aromatic heterocycles. The number of anilines is 1. The normalized spacial score (nSPS) is 17.3. The van der Waals surface area contributed by atoms with Gasteiger partial charge in [0.1, 0.15) is 5.82 Å². The van der Waals surface area contributed by atoms with Gasteiger partial charge >= 0.3 is 0 Å². The summed E-state index contributed by atoms with van der Waals surface area (Å²) < 4.78 is 33.0. The Morgan fingerprint density at radius 2 is 1.91 bits per heavy atom. The second-order valence-electron chi connectivity index (χ2n) is 5.60. The highest BCUT2D eigenvalue weighted by molar-refractivity contribution is 7.92. The van der Waals surface area contributed by atoms with Crippen LogP contribution in [0.2, 0.25) is 0 Å². The molecule has 1 fully saturated rings. The smallest absolute Gasteiger partial charge is 0.262 e. The maximum Gasteiger partial charge on any atom is 0.262 e. The van der Waals surface area contributed by atoms with E-state index in [0.717, 1.165) is 29.8 Å². The second kappa shape index (κ2) is 5.03. The molecule has 2 aliphatic rings. The third kappa shape index (κ3) is 2.46. The van der Waals surface area contributed by atoms with E-state index in [-0.39, 0.29) is 4.90 Å². The molecule has 22 heavy (non-hydrogen) atoms. The first-order chi connectivity index (χ1) is 10.6. The molecule has 0 bridgehead atoms. The topological polar surface area (TPSA) is 81.2 Å². The van der Waals surface area contributed by atoms with Gasteiger partial charge in [-0.15, -0.1) is 0 Å². The van der Waals surface area contributed by atoms with Crippen LogP contribution in [0.4, 0.5) is 5.69 Å². The molecule has 1 aliphatic heterocycles. The number of fused-ring (bicyclic) bond motifs is 1. The largest absolute Gasteiger partial charge is 0.372 e. The number of hydrogen-bond donors (Lipinski definition) is 1. The van der Waals surface area contributed by atoms with Crippen LogP contribution in [0, 0.1) is 0 Å². The minimum atomic E-state index is -3.67. The van der Waals surface area contributed by atoms with E-state index in [2.05, 4.69) is 14.7 Å². The zero-order chi connectivity index (χ0) is 15.2. The summed E-state index contributed by atoms with van der Waals surface area (Å²) in [6, 6.07) is 5.21. The highest BCUT2D eigenvalue weighted by atomic mass is 32.2. The Hall–Kier alpha value is -1.99. The van der Waals surface area contributed by atoms with Crippen LogP contribution in [0.3, 0.4) is 0 Å². The molecule has 6 nitrogen and oxygen atoms in total. The number of rotatable bonds is 4. The van der Waals surface area contributed by atoms with Gasteiger partial charge in [0.15, 0.2) is 0 Å². The summed E-state index contributed by atoms with van der Waals surface area (Å²) >= 11 is 0. The summed E-state index contributed by atoms with van der Waals surface area (Å²) in [5, 5.41) is 0. The first-order valence-corrected chi connectivity index (χ1v) is 8.65. The van der Waals surface area contributed by atoms with Crippen molar-refractivity contribution < 1.29 is 13.2 Å². The predicted molar refractivity (Wildman–Crippen MR) is 79.8 cm³/mol. The van der Waals surface area contributed by atoms with E-state index in [1.807, 2.05) is 6.07 Å². The average molecular weight is 317 g/mol. The van der Waals surface area contributed by atoms with Crippen molar-refractivity contribution in [3.05, 3.63) is 47.5 Å². The minimum absolute atomic E-state index is 0.258. The molecule has 0 spiro atoms. The fraction of sp³-hybridized carbons (Fsp3) is 0.333. The zero-order valence-electron chi connectivity index (χ0n) is 11.8. The Morgan fingerprint density at radius 1 is 1.14 bits per heavy atom. The number of aromatic nitrogens is 2. The van der Waals surface area contributed by atoms with Crippen molar-refractivity contribution in [1.29, 1.82) is 0 Å². The number of benzene rings is 1. The van der Waals surface area contributed by atoms with E-state index < -0.39 is 10.0 Å². The molecule has 0 radical (unpaired) electrons. The van der Waals surface area contributed by atoms with Gasteiger partial charge < -0.3 is 4.74 Å². The molecule has 1 saturated carbocycles. The van der Waals surface area contributed by atoms with Gasteiger partial charge in [0, 0.05) is 11.5 Å². The molecule has 1 aromatic carbocycles. The Morgan fingerprint density at radius 3 is 2.64 bits per heavy atom. The van der Waals surface area contributed by atoms with E-state index in [9.17, 15) is 8.42 Å². The van der Waals surface area contributed by atoms with Crippen molar-refractivity contribution >= 4 is 15.7 Å². The van der Waals surface area contributed by atoms with Crippen LogP contribution >= 0.6 is 0 Å². The van der Waals surface area contributed by atoms with E-state index in [4.69, 9.17) is 4.74 Å². The summed E-state index contributed by atoms with van der Waals surface area (Å²) in [5.41, 5.74) is 2.02. The van der Waals surface area contributed by atoms with E-state index in [1.54, 1.807) is 12.1 Å². The molecular weight excluding hydrogens is 302 g/mol. The van der Waals surface area contributed by atoms with E-state index in [0.29, 0.717) is 24.8 Å². The van der Waals surface area contributed by atoms with Gasteiger partial charge in [0.25, 0.3) is 10.0 Å². The summed E-state index contributed by atoms with van der Waals surface area (Å²) in [5.74, 6) is 1.23. The van der Waals surface area contributed by atoms with Crippen molar-refractivity contribution in [3.8, 4) is 0 Å². The molecule has 2 heterocycles. The first kappa shape index (κ1) is 13.7. The van der Waals surface area contributed by atoms with Crippen LogP contribution in [0.5, 0.6) is 0 Å². The van der Waals surface area contributed by atoms with Gasteiger partial charge in [-0.05, 0) is 24.5 Å². The van der Waals surface area contributed by atoms with Crippen LogP contribution in [-0.2, 0) is 28.0 Å². The Bertz CT molecular complexity index is 814. The van der Waals surface area contributed by atoms with Crippen molar-refractivity contribution in [2.75, 3.05) is 4.72 Å². The van der Waals surface area contributed by atoms with Gasteiger partial charge in [0.2, 0.25) is 0 Å². The maximum absolute atomic E-state index is 12.6. The third-order valence-electron chi connectivity index (χ3n) is 3.89. The van der Waals surface area contributed by atoms with E-state index >= 15 is 0 Å². The molecule has 2 aromatic rings. The maximum atomic E-state index is 12.6. The summed E-state index contributed by atoms with van der Waals surface area (Å²) in [7, 11) is -3.67. The monoisotopic (exact) mass is 317 g/mol. The molecule has 4 rings (SSSR count).